The molecule has 1 amide bonds. The van der Waals surface area contributed by atoms with Gasteiger partial charge in [0.1, 0.15) is 6.23 Å². The van der Waals surface area contributed by atoms with Crippen LogP contribution in [0.1, 0.15) is 39.5 Å². The van der Waals surface area contributed by atoms with Crippen LogP contribution in [0.15, 0.2) is 12.2 Å². The van der Waals surface area contributed by atoms with Gasteiger partial charge in [0.15, 0.2) is 0 Å². The van der Waals surface area contributed by atoms with Crippen molar-refractivity contribution < 1.29 is 23.8 Å². The average Bonchev–Trinajstić information content (AvgIpc) is 2.52. The van der Waals surface area contributed by atoms with Gasteiger partial charge in [-0.15, -0.1) is 0 Å². The van der Waals surface area contributed by atoms with Crippen LogP contribution in [0.3, 0.4) is 0 Å². The lowest BCUT2D eigenvalue weighted by atomic mass is 9.86. The average molecular weight is 311 g/mol. The molecule has 1 N–H and O–H groups in total. The fourth-order valence-electron chi connectivity index (χ4n) is 2.82. The van der Waals surface area contributed by atoms with Crippen LogP contribution >= 0.6 is 0 Å². The van der Waals surface area contributed by atoms with Gasteiger partial charge >= 0.3 is 0 Å². The Labute approximate surface area is 131 Å². The number of rotatable bonds is 4. The van der Waals surface area contributed by atoms with Crippen LogP contribution in [-0.4, -0.2) is 43.5 Å². The summed E-state index contributed by atoms with van der Waals surface area (Å²) in [5.74, 6) is -2.94. The van der Waals surface area contributed by atoms with Crippen LogP contribution in [0.2, 0.25) is 0 Å². The van der Waals surface area contributed by atoms with Gasteiger partial charge < -0.3 is 19.5 Å². The molecule has 0 spiro atoms. The standard InChI is InChI=1S/C16H25NO5/c1-10-9-16(20-4,22-12(3)11(10)2)14(18)15(19)17-13-7-5-6-8-21-13/h11-13H,1,5-9H2,2-4H3,(H,17,19)/t11-,12-,13-,16-/m1/s1. The smallest absolute Gasteiger partial charge is 0.295 e. The minimum Gasteiger partial charge on any atom is -0.359 e. The first-order valence-corrected chi connectivity index (χ1v) is 7.77. The largest absolute Gasteiger partial charge is 0.359 e. The van der Waals surface area contributed by atoms with Crippen LogP contribution in [0.25, 0.3) is 0 Å². The van der Waals surface area contributed by atoms with Gasteiger partial charge in [0.05, 0.1) is 6.10 Å². The Bertz CT molecular complexity index is 457. The van der Waals surface area contributed by atoms with E-state index in [2.05, 4.69) is 11.9 Å². The quantitative estimate of drug-likeness (QED) is 0.630. The fraction of sp³-hybridized carbons (Fsp3) is 0.750. The van der Waals surface area contributed by atoms with Gasteiger partial charge in [0, 0.05) is 26.1 Å². The second-order valence-corrected chi connectivity index (χ2v) is 6.06. The van der Waals surface area contributed by atoms with E-state index in [1.54, 1.807) is 0 Å². The molecule has 0 aliphatic carbocycles. The number of amides is 1. The molecule has 4 atom stereocenters. The van der Waals surface area contributed by atoms with Crippen LogP contribution in [0.5, 0.6) is 0 Å². The van der Waals surface area contributed by atoms with E-state index in [0.29, 0.717) is 13.0 Å². The molecule has 22 heavy (non-hydrogen) atoms. The third-order valence-electron chi connectivity index (χ3n) is 4.54. The number of ketones is 1. The van der Waals surface area contributed by atoms with Crippen molar-refractivity contribution >= 4 is 11.7 Å². The lowest BCUT2D eigenvalue weighted by Gasteiger charge is -2.41. The van der Waals surface area contributed by atoms with E-state index in [-0.39, 0.29) is 18.4 Å². The van der Waals surface area contributed by atoms with Gasteiger partial charge in [-0.3, -0.25) is 9.59 Å². The topological polar surface area (TPSA) is 73.9 Å². The third-order valence-corrected chi connectivity index (χ3v) is 4.54. The second-order valence-electron chi connectivity index (χ2n) is 6.06. The summed E-state index contributed by atoms with van der Waals surface area (Å²) in [6.07, 6.45) is 2.18. The Morgan fingerprint density at radius 3 is 2.64 bits per heavy atom. The Kier molecular flexibility index (Phi) is 5.36. The zero-order valence-corrected chi connectivity index (χ0v) is 13.5. The summed E-state index contributed by atoms with van der Waals surface area (Å²) in [6.45, 7) is 8.40. The Balaban J connectivity index is 2.07. The highest BCUT2D eigenvalue weighted by molar-refractivity contribution is 6.39. The van der Waals surface area contributed by atoms with Crippen LogP contribution in [0, 0.1) is 5.92 Å². The number of methoxy groups -OCH3 is 1. The minimum absolute atomic E-state index is 0.112. The number of Topliss-reactive ketones (excluding diaryl/α,β-unsaturated/α-hetero) is 1. The molecule has 2 aliphatic rings. The summed E-state index contributed by atoms with van der Waals surface area (Å²) in [4.78, 5) is 24.8. The Hall–Kier alpha value is -1.24. The fourth-order valence-corrected chi connectivity index (χ4v) is 2.82. The lowest BCUT2D eigenvalue weighted by molar-refractivity contribution is -0.248. The van der Waals surface area contributed by atoms with E-state index in [0.717, 1.165) is 18.4 Å². The number of nitrogens with one attached hydrogen (secondary N) is 1. The maximum Gasteiger partial charge on any atom is 0.295 e. The van der Waals surface area contributed by atoms with Gasteiger partial charge in [0.2, 0.25) is 5.79 Å². The van der Waals surface area contributed by atoms with Crippen molar-refractivity contribution in [2.45, 2.75) is 57.6 Å². The van der Waals surface area contributed by atoms with Gasteiger partial charge in [-0.25, -0.2) is 0 Å². The van der Waals surface area contributed by atoms with Crippen molar-refractivity contribution in [1.29, 1.82) is 0 Å². The first-order valence-electron chi connectivity index (χ1n) is 7.77. The van der Waals surface area contributed by atoms with E-state index >= 15 is 0 Å². The van der Waals surface area contributed by atoms with Crippen molar-refractivity contribution in [2.24, 2.45) is 5.92 Å². The zero-order valence-electron chi connectivity index (χ0n) is 13.5. The maximum absolute atomic E-state index is 12.6. The molecule has 0 saturated carbocycles. The second kappa shape index (κ2) is 6.89. The molecule has 0 aromatic rings. The molecule has 0 unspecified atom stereocenters. The normalized spacial score (nSPS) is 36.0. The van der Waals surface area contributed by atoms with E-state index in [1.165, 1.54) is 7.11 Å². The summed E-state index contributed by atoms with van der Waals surface area (Å²) in [5, 5.41) is 2.62. The molecule has 2 aliphatic heterocycles. The number of carbonyl (C=O) groups excluding carboxylic acids is 2. The monoisotopic (exact) mass is 311 g/mol. The molecule has 0 bridgehead atoms. The van der Waals surface area contributed by atoms with Gasteiger partial charge in [0.25, 0.3) is 11.7 Å². The first kappa shape index (κ1) is 17.1. The van der Waals surface area contributed by atoms with Crippen LogP contribution in [0.4, 0.5) is 0 Å². The van der Waals surface area contributed by atoms with Gasteiger partial charge in [-0.05, 0) is 26.2 Å². The molecular weight excluding hydrogens is 286 g/mol. The first-order chi connectivity index (χ1) is 10.4. The van der Waals surface area contributed by atoms with Crippen molar-refractivity contribution in [3.05, 3.63) is 12.2 Å². The van der Waals surface area contributed by atoms with E-state index in [1.807, 2.05) is 13.8 Å². The predicted molar refractivity (Wildman–Crippen MR) is 79.9 cm³/mol. The molecule has 124 valence electrons. The number of ether oxygens (including phenoxy) is 3. The number of hydrogen-bond donors (Lipinski definition) is 1. The minimum atomic E-state index is -1.58. The molecule has 0 aromatic carbocycles. The summed E-state index contributed by atoms with van der Waals surface area (Å²) in [5.41, 5.74) is 0.843. The van der Waals surface area contributed by atoms with Crippen LogP contribution < -0.4 is 5.32 Å². The number of hydrogen-bond acceptors (Lipinski definition) is 5. The Morgan fingerprint density at radius 1 is 1.36 bits per heavy atom. The molecule has 2 saturated heterocycles. The maximum atomic E-state index is 12.6. The summed E-state index contributed by atoms with van der Waals surface area (Å²) in [7, 11) is 1.37. The summed E-state index contributed by atoms with van der Waals surface area (Å²) in [6, 6.07) is 0. The molecule has 0 radical (unpaired) electrons. The zero-order chi connectivity index (χ0) is 16.3. The van der Waals surface area contributed by atoms with Crippen molar-refractivity contribution in [3.63, 3.8) is 0 Å². The van der Waals surface area contributed by atoms with E-state index in [9.17, 15) is 9.59 Å². The van der Waals surface area contributed by atoms with E-state index < -0.39 is 23.7 Å². The molecule has 6 nitrogen and oxygen atoms in total. The Morgan fingerprint density at radius 2 is 2.09 bits per heavy atom. The highest BCUT2D eigenvalue weighted by atomic mass is 16.7. The molecule has 2 fully saturated rings. The highest BCUT2D eigenvalue weighted by Crippen LogP contribution is 2.36. The molecule has 2 rings (SSSR count). The predicted octanol–water partition coefficient (Wildman–Crippen LogP) is 1.54. The van der Waals surface area contributed by atoms with Crippen molar-refractivity contribution in [2.75, 3.05) is 13.7 Å². The van der Waals surface area contributed by atoms with Crippen LogP contribution in [-0.2, 0) is 23.8 Å². The van der Waals surface area contributed by atoms with E-state index in [4.69, 9.17) is 14.2 Å². The summed E-state index contributed by atoms with van der Waals surface area (Å²) >= 11 is 0. The molecule has 2 heterocycles. The molecular formula is C16H25NO5. The highest BCUT2D eigenvalue weighted by Gasteiger charge is 2.50. The lowest BCUT2D eigenvalue weighted by Crippen LogP contribution is -2.57. The van der Waals surface area contributed by atoms with Crippen molar-refractivity contribution in [3.8, 4) is 0 Å². The van der Waals surface area contributed by atoms with Crippen molar-refractivity contribution in [1.82, 2.24) is 5.32 Å². The SMILES string of the molecule is C=C1C[C@](OC)(C(=O)C(=O)N[C@H]2CCCCO2)O[C@H](C)[C@@H]1C. The van der Waals surface area contributed by atoms with Gasteiger partial charge in [-0.2, -0.15) is 0 Å². The third kappa shape index (κ3) is 3.39. The molecule has 0 aromatic heterocycles. The van der Waals surface area contributed by atoms with Gasteiger partial charge in [-0.1, -0.05) is 19.1 Å². The summed E-state index contributed by atoms with van der Waals surface area (Å²) < 4.78 is 16.5. The number of carbonyl (C=O) groups is 2. The molecule has 6 heteroatoms.